The standard InChI is InChI=1S/C11H18O4.C2H2O/c1-5-9(4)11(13)15-7-6-14-10(12)8(2)3;1-2-3/h9H,2,5-7H2,1,3-4H3;1H2. The van der Waals surface area contributed by atoms with Crippen molar-refractivity contribution < 1.29 is 23.9 Å². The van der Waals surface area contributed by atoms with Gasteiger partial charge in [0, 0.05) is 5.57 Å². The Labute approximate surface area is 107 Å². The van der Waals surface area contributed by atoms with Crippen LogP contribution >= 0.6 is 0 Å². The van der Waals surface area contributed by atoms with E-state index in [9.17, 15) is 9.59 Å². The molecule has 0 aliphatic rings. The monoisotopic (exact) mass is 256 g/mol. The van der Waals surface area contributed by atoms with Gasteiger partial charge in [-0.3, -0.25) is 4.79 Å². The van der Waals surface area contributed by atoms with Crippen LogP contribution in [0.25, 0.3) is 0 Å². The minimum absolute atomic E-state index is 0.0772. The van der Waals surface area contributed by atoms with Gasteiger partial charge in [-0.25, -0.2) is 9.59 Å². The first-order valence-corrected chi connectivity index (χ1v) is 5.54. The Morgan fingerprint density at radius 1 is 1.28 bits per heavy atom. The van der Waals surface area contributed by atoms with Gasteiger partial charge in [0.25, 0.3) is 0 Å². The lowest BCUT2D eigenvalue weighted by Gasteiger charge is -2.09. The van der Waals surface area contributed by atoms with E-state index in [-0.39, 0.29) is 25.1 Å². The normalized spacial score (nSPS) is 10.2. The molecule has 0 amide bonds. The second-order valence-electron chi connectivity index (χ2n) is 3.54. The maximum absolute atomic E-state index is 11.2. The van der Waals surface area contributed by atoms with Crippen LogP contribution in [0.4, 0.5) is 0 Å². The van der Waals surface area contributed by atoms with Crippen molar-refractivity contribution in [3.8, 4) is 0 Å². The van der Waals surface area contributed by atoms with Gasteiger partial charge in [-0.1, -0.05) is 20.4 Å². The van der Waals surface area contributed by atoms with Crippen molar-refractivity contribution >= 4 is 17.9 Å². The number of rotatable bonds is 6. The number of hydrogen-bond acceptors (Lipinski definition) is 5. The van der Waals surface area contributed by atoms with E-state index in [0.717, 1.165) is 6.42 Å². The van der Waals surface area contributed by atoms with Crippen molar-refractivity contribution in [2.24, 2.45) is 5.92 Å². The average Bonchev–Trinajstić information content (AvgIpc) is 2.33. The quantitative estimate of drug-likeness (QED) is 0.313. The summed E-state index contributed by atoms with van der Waals surface area (Å²) < 4.78 is 9.63. The van der Waals surface area contributed by atoms with Gasteiger partial charge in [0.05, 0.1) is 5.92 Å². The molecular weight excluding hydrogens is 236 g/mol. The fourth-order valence-electron chi connectivity index (χ4n) is 0.709. The summed E-state index contributed by atoms with van der Waals surface area (Å²) in [5.74, 6) is 0.417. The molecule has 1 atom stereocenters. The van der Waals surface area contributed by atoms with Gasteiger partial charge in [0.2, 0.25) is 0 Å². The predicted molar refractivity (Wildman–Crippen MR) is 67.5 cm³/mol. The lowest BCUT2D eigenvalue weighted by atomic mass is 10.1. The van der Waals surface area contributed by atoms with E-state index >= 15 is 0 Å². The van der Waals surface area contributed by atoms with E-state index in [1.807, 2.05) is 6.92 Å². The van der Waals surface area contributed by atoms with Crippen molar-refractivity contribution in [1.82, 2.24) is 0 Å². The second kappa shape index (κ2) is 11.6. The highest BCUT2D eigenvalue weighted by molar-refractivity contribution is 5.86. The van der Waals surface area contributed by atoms with Crippen molar-refractivity contribution in [2.45, 2.75) is 27.2 Å². The summed E-state index contributed by atoms with van der Waals surface area (Å²) in [6.07, 6.45) is 0.740. The molecule has 0 bridgehead atoms. The zero-order chi connectivity index (χ0) is 14.6. The Balaban J connectivity index is 0. The molecule has 0 aromatic heterocycles. The average molecular weight is 256 g/mol. The van der Waals surface area contributed by atoms with Crippen molar-refractivity contribution in [3.05, 3.63) is 18.7 Å². The molecule has 0 aliphatic heterocycles. The fraction of sp³-hybridized carbons (Fsp3) is 0.538. The van der Waals surface area contributed by atoms with Gasteiger partial charge in [-0.2, -0.15) is 0 Å². The van der Waals surface area contributed by atoms with Crippen LogP contribution in [-0.4, -0.2) is 31.1 Å². The van der Waals surface area contributed by atoms with Crippen LogP contribution in [0.1, 0.15) is 27.2 Å². The van der Waals surface area contributed by atoms with Crippen LogP contribution < -0.4 is 0 Å². The van der Waals surface area contributed by atoms with E-state index in [0.29, 0.717) is 5.57 Å². The molecule has 0 aromatic carbocycles. The highest BCUT2D eigenvalue weighted by atomic mass is 16.6. The van der Waals surface area contributed by atoms with Gasteiger partial charge in [0.15, 0.2) is 0 Å². The van der Waals surface area contributed by atoms with E-state index in [4.69, 9.17) is 14.3 Å². The molecule has 102 valence electrons. The minimum atomic E-state index is -0.463. The Bertz CT molecular complexity index is 313. The van der Waals surface area contributed by atoms with Gasteiger partial charge >= 0.3 is 11.9 Å². The van der Waals surface area contributed by atoms with Crippen LogP contribution in [-0.2, 0) is 23.9 Å². The zero-order valence-electron chi connectivity index (χ0n) is 11.2. The molecule has 0 fully saturated rings. The molecule has 0 aromatic rings. The number of carbonyl (C=O) groups excluding carboxylic acids is 3. The molecule has 0 saturated heterocycles. The molecule has 0 heterocycles. The molecule has 0 aliphatic carbocycles. The first-order chi connectivity index (χ1) is 8.40. The molecule has 0 radical (unpaired) electrons. The Morgan fingerprint density at radius 3 is 2.11 bits per heavy atom. The smallest absolute Gasteiger partial charge is 0.333 e. The van der Waals surface area contributed by atoms with Gasteiger partial charge in [0.1, 0.15) is 19.2 Å². The van der Waals surface area contributed by atoms with E-state index in [2.05, 4.69) is 13.2 Å². The maximum Gasteiger partial charge on any atom is 0.333 e. The highest BCUT2D eigenvalue weighted by Crippen LogP contribution is 2.02. The molecular formula is C13H20O5. The fourth-order valence-corrected chi connectivity index (χ4v) is 0.709. The van der Waals surface area contributed by atoms with Gasteiger partial charge < -0.3 is 9.47 Å². The summed E-state index contributed by atoms with van der Waals surface area (Å²) in [6, 6.07) is 0. The van der Waals surface area contributed by atoms with Crippen LogP contribution in [0.3, 0.4) is 0 Å². The van der Waals surface area contributed by atoms with E-state index < -0.39 is 5.97 Å². The first-order valence-electron chi connectivity index (χ1n) is 5.54. The van der Waals surface area contributed by atoms with Gasteiger partial charge in [-0.05, 0) is 19.9 Å². The maximum atomic E-state index is 11.2. The summed E-state index contributed by atoms with van der Waals surface area (Å²) in [4.78, 5) is 30.7. The molecule has 18 heavy (non-hydrogen) atoms. The number of esters is 2. The Kier molecular flexibility index (Phi) is 11.9. The van der Waals surface area contributed by atoms with Crippen molar-refractivity contribution in [1.29, 1.82) is 0 Å². The van der Waals surface area contributed by atoms with Crippen LogP contribution in [0.5, 0.6) is 0 Å². The number of ether oxygens (including phenoxy) is 2. The molecule has 1 unspecified atom stereocenters. The van der Waals surface area contributed by atoms with Gasteiger partial charge in [-0.15, -0.1) is 0 Å². The third-order valence-electron chi connectivity index (χ3n) is 1.92. The molecule has 0 N–H and O–H groups in total. The topological polar surface area (TPSA) is 69.7 Å². The largest absolute Gasteiger partial charge is 0.462 e. The highest BCUT2D eigenvalue weighted by Gasteiger charge is 2.11. The number of carbonyl (C=O) groups is 2. The van der Waals surface area contributed by atoms with Crippen LogP contribution in [0, 0.1) is 5.92 Å². The Morgan fingerprint density at radius 2 is 1.72 bits per heavy atom. The van der Waals surface area contributed by atoms with Crippen LogP contribution in [0.15, 0.2) is 18.7 Å². The van der Waals surface area contributed by atoms with E-state index in [1.165, 1.54) is 5.94 Å². The molecule has 0 saturated carbocycles. The summed E-state index contributed by atoms with van der Waals surface area (Å²) in [5.41, 5.74) is 0.336. The van der Waals surface area contributed by atoms with E-state index in [1.54, 1.807) is 13.8 Å². The molecule has 5 nitrogen and oxygen atoms in total. The Hall–Kier alpha value is -1.87. The second-order valence-corrected chi connectivity index (χ2v) is 3.54. The zero-order valence-corrected chi connectivity index (χ0v) is 11.2. The summed E-state index contributed by atoms with van der Waals surface area (Å²) >= 11 is 0. The lowest BCUT2D eigenvalue weighted by Crippen LogP contribution is -2.18. The summed E-state index contributed by atoms with van der Waals surface area (Å²) in [7, 11) is 0. The van der Waals surface area contributed by atoms with Crippen molar-refractivity contribution in [3.63, 3.8) is 0 Å². The molecule has 0 rings (SSSR count). The summed E-state index contributed by atoms with van der Waals surface area (Å²) in [5, 5.41) is 0. The minimum Gasteiger partial charge on any atom is -0.462 e. The van der Waals surface area contributed by atoms with Crippen LogP contribution in [0.2, 0.25) is 0 Å². The first kappa shape index (κ1) is 18.5. The lowest BCUT2D eigenvalue weighted by molar-refractivity contribution is -0.153. The number of hydrogen-bond donors (Lipinski definition) is 0. The third-order valence-corrected chi connectivity index (χ3v) is 1.92. The SMILES string of the molecule is C=C(C)C(=O)OCCOC(=O)C(C)CC.C=C=O. The third kappa shape index (κ3) is 10.6. The summed E-state index contributed by atoms with van der Waals surface area (Å²) in [6.45, 7) is 11.6. The predicted octanol–water partition coefficient (Wildman–Crippen LogP) is 1.70. The molecule has 5 heteroatoms. The van der Waals surface area contributed by atoms with Crippen molar-refractivity contribution in [2.75, 3.05) is 13.2 Å². The molecule has 0 spiro atoms.